The molecule has 8 heteroatoms. The lowest BCUT2D eigenvalue weighted by molar-refractivity contribution is 0.0487. The number of carbonyl (C=O) groups excluding carboxylic acids is 1. The van der Waals surface area contributed by atoms with Gasteiger partial charge in [0, 0.05) is 30.7 Å². The predicted octanol–water partition coefficient (Wildman–Crippen LogP) is 5.21. The van der Waals surface area contributed by atoms with Gasteiger partial charge in [-0.15, -0.1) is 0 Å². The average Bonchev–Trinajstić information content (AvgIpc) is 3.29. The van der Waals surface area contributed by atoms with Gasteiger partial charge in [0.05, 0.1) is 28.9 Å². The molecule has 36 heavy (non-hydrogen) atoms. The molecule has 2 aromatic carbocycles. The fourth-order valence-electron chi connectivity index (χ4n) is 4.79. The Bertz CT molecular complexity index is 1360. The first kappa shape index (κ1) is 23.9. The maximum atomic E-state index is 13.6. The van der Waals surface area contributed by atoms with Crippen molar-refractivity contribution in [1.29, 1.82) is 0 Å². The molecule has 1 amide bonds. The minimum Gasteiger partial charge on any atom is -0.494 e. The maximum Gasteiger partial charge on any atom is 0.259 e. The van der Waals surface area contributed by atoms with Crippen molar-refractivity contribution < 1.29 is 23.2 Å². The number of hydrogen-bond acceptors (Lipinski definition) is 6. The van der Waals surface area contributed by atoms with Gasteiger partial charge in [0.1, 0.15) is 11.6 Å². The van der Waals surface area contributed by atoms with Gasteiger partial charge in [0.15, 0.2) is 0 Å². The minimum atomic E-state index is -0.343. The summed E-state index contributed by atoms with van der Waals surface area (Å²) in [6, 6.07) is 15.8. The van der Waals surface area contributed by atoms with Gasteiger partial charge in [-0.05, 0) is 74.7 Å². The van der Waals surface area contributed by atoms with E-state index < -0.39 is 0 Å². The third kappa shape index (κ3) is 4.68. The number of nitrogens with zero attached hydrogens (tertiary/aromatic N) is 2. The van der Waals surface area contributed by atoms with Crippen LogP contribution in [0.2, 0.25) is 0 Å². The predicted molar refractivity (Wildman–Crippen MR) is 134 cm³/mol. The molecule has 3 heterocycles. The molecule has 5 rings (SSSR count). The van der Waals surface area contributed by atoms with Gasteiger partial charge in [-0.1, -0.05) is 17.3 Å². The first-order chi connectivity index (χ1) is 17.5. The molecule has 1 N–H and O–H groups in total. The van der Waals surface area contributed by atoms with E-state index in [9.17, 15) is 9.18 Å². The average molecular weight is 490 g/mol. The number of aromatic nitrogens is 2. The molecule has 0 spiro atoms. The fourth-order valence-corrected chi connectivity index (χ4v) is 4.79. The molecule has 0 radical (unpaired) electrons. The molecule has 7 nitrogen and oxygen atoms in total. The standard InChI is InChI=1S/C28H28FN3O4/c1-3-35-22-10-6-20(7-11-22)28(12-14-34-15-13-28)17-30-26(33)23-16-24(19-4-8-21(29)9-5-19)31-27-25(23)18(2)32-36-27/h4-11,16H,3,12-15,17H2,1-2H3,(H,30,33). The van der Waals surface area contributed by atoms with Crippen LogP contribution in [0.4, 0.5) is 4.39 Å². The molecular formula is C28H28FN3O4. The highest BCUT2D eigenvalue weighted by Gasteiger charge is 2.35. The molecule has 0 aliphatic carbocycles. The smallest absolute Gasteiger partial charge is 0.259 e. The molecule has 0 unspecified atom stereocenters. The van der Waals surface area contributed by atoms with E-state index in [-0.39, 0.29) is 22.9 Å². The Labute approximate surface area is 208 Å². The van der Waals surface area contributed by atoms with E-state index in [0.717, 1.165) is 24.2 Å². The third-order valence-electron chi connectivity index (χ3n) is 6.82. The van der Waals surface area contributed by atoms with Crippen molar-refractivity contribution in [1.82, 2.24) is 15.5 Å². The Morgan fingerprint density at radius 3 is 2.53 bits per heavy atom. The molecule has 1 fully saturated rings. The van der Waals surface area contributed by atoms with E-state index in [2.05, 4.69) is 27.6 Å². The summed E-state index contributed by atoms with van der Waals surface area (Å²) < 4.78 is 30.1. The Hall–Kier alpha value is -3.78. The van der Waals surface area contributed by atoms with Crippen LogP contribution in [-0.4, -0.2) is 42.4 Å². The molecule has 1 aliphatic rings. The highest BCUT2D eigenvalue weighted by Crippen LogP contribution is 2.35. The lowest BCUT2D eigenvalue weighted by Crippen LogP contribution is -2.44. The van der Waals surface area contributed by atoms with E-state index in [0.29, 0.717) is 54.3 Å². The summed E-state index contributed by atoms with van der Waals surface area (Å²) in [6.07, 6.45) is 1.58. The summed E-state index contributed by atoms with van der Waals surface area (Å²) in [6.45, 7) is 6.05. The lowest BCUT2D eigenvalue weighted by atomic mass is 9.74. The van der Waals surface area contributed by atoms with Crippen LogP contribution in [0.15, 0.2) is 59.1 Å². The van der Waals surface area contributed by atoms with Crippen molar-refractivity contribution in [3.05, 3.63) is 77.2 Å². The highest BCUT2D eigenvalue weighted by atomic mass is 19.1. The van der Waals surface area contributed by atoms with Crippen molar-refractivity contribution in [2.24, 2.45) is 0 Å². The Morgan fingerprint density at radius 1 is 1.11 bits per heavy atom. The molecule has 1 saturated heterocycles. The number of amides is 1. The van der Waals surface area contributed by atoms with Gasteiger partial charge in [-0.3, -0.25) is 4.79 Å². The van der Waals surface area contributed by atoms with Crippen LogP contribution in [-0.2, 0) is 10.2 Å². The number of halogens is 1. The number of ether oxygens (including phenoxy) is 2. The number of pyridine rings is 1. The summed E-state index contributed by atoms with van der Waals surface area (Å²) in [5.74, 6) is 0.237. The molecule has 186 valence electrons. The van der Waals surface area contributed by atoms with Crippen LogP contribution in [0.1, 0.15) is 41.4 Å². The van der Waals surface area contributed by atoms with Crippen LogP contribution in [0, 0.1) is 12.7 Å². The second-order valence-corrected chi connectivity index (χ2v) is 9.04. The molecule has 0 saturated carbocycles. The number of carbonyl (C=O) groups is 1. The topological polar surface area (TPSA) is 86.5 Å². The molecular weight excluding hydrogens is 461 g/mol. The SMILES string of the molecule is CCOc1ccc(C2(CNC(=O)c3cc(-c4ccc(F)cc4)nc4onc(C)c34)CCOCC2)cc1. The summed E-state index contributed by atoms with van der Waals surface area (Å²) in [4.78, 5) is 18.1. The zero-order chi connectivity index (χ0) is 25.1. The van der Waals surface area contributed by atoms with Gasteiger partial charge >= 0.3 is 0 Å². The summed E-state index contributed by atoms with van der Waals surface area (Å²) >= 11 is 0. The molecule has 1 aliphatic heterocycles. The van der Waals surface area contributed by atoms with E-state index in [1.54, 1.807) is 25.1 Å². The first-order valence-electron chi connectivity index (χ1n) is 12.1. The summed E-state index contributed by atoms with van der Waals surface area (Å²) in [5, 5.41) is 7.75. The summed E-state index contributed by atoms with van der Waals surface area (Å²) in [5.41, 5.74) is 3.35. The van der Waals surface area contributed by atoms with Gasteiger partial charge in [0.25, 0.3) is 11.6 Å². The van der Waals surface area contributed by atoms with Crippen molar-refractivity contribution >= 4 is 17.0 Å². The zero-order valence-corrected chi connectivity index (χ0v) is 20.3. The summed E-state index contributed by atoms with van der Waals surface area (Å²) in [7, 11) is 0. The van der Waals surface area contributed by atoms with Gasteiger partial charge in [-0.25, -0.2) is 9.37 Å². The number of nitrogens with one attached hydrogen (secondary N) is 1. The van der Waals surface area contributed by atoms with Crippen molar-refractivity contribution in [3.8, 4) is 17.0 Å². The third-order valence-corrected chi connectivity index (χ3v) is 6.82. The van der Waals surface area contributed by atoms with Crippen LogP contribution in [0.25, 0.3) is 22.4 Å². The minimum absolute atomic E-state index is 0.242. The van der Waals surface area contributed by atoms with Crippen LogP contribution >= 0.6 is 0 Å². The number of aryl methyl sites for hydroxylation is 1. The highest BCUT2D eigenvalue weighted by molar-refractivity contribution is 6.07. The van der Waals surface area contributed by atoms with Crippen molar-refractivity contribution in [2.45, 2.75) is 32.1 Å². The number of benzene rings is 2. The number of fused-ring (bicyclic) bond motifs is 1. The number of hydrogen-bond donors (Lipinski definition) is 1. The normalized spacial score (nSPS) is 15.1. The monoisotopic (exact) mass is 489 g/mol. The second-order valence-electron chi connectivity index (χ2n) is 9.04. The molecule has 2 aromatic heterocycles. The largest absolute Gasteiger partial charge is 0.494 e. The van der Waals surface area contributed by atoms with Crippen LogP contribution < -0.4 is 10.1 Å². The molecule has 0 bridgehead atoms. The maximum absolute atomic E-state index is 13.6. The van der Waals surface area contributed by atoms with E-state index in [1.165, 1.54) is 12.1 Å². The molecule has 4 aromatic rings. The zero-order valence-electron chi connectivity index (χ0n) is 20.3. The van der Waals surface area contributed by atoms with Gasteiger partial charge < -0.3 is 19.3 Å². The Balaban J connectivity index is 1.45. The van der Waals surface area contributed by atoms with Gasteiger partial charge in [-0.2, -0.15) is 0 Å². The van der Waals surface area contributed by atoms with Crippen LogP contribution in [0.3, 0.4) is 0 Å². The van der Waals surface area contributed by atoms with Crippen molar-refractivity contribution in [3.63, 3.8) is 0 Å². The number of rotatable bonds is 7. The van der Waals surface area contributed by atoms with E-state index >= 15 is 0 Å². The van der Waals surface area contributed by atoms with Crippen molar-refractivity contribution in [2.75, 3.05) is 26.4 Å². The Kier molecular flexibility index (Phi) is 6.69. The fraction of sp³-hybridized carbons (Fsp3) is 0.321. The Morgan fingerprint density at radius 2 is 1.83 bits per heavy atom. The molecule has 0 atom stereocenters. The van der Waals surface area contributed by atoms with Crippen LogP contribution in [0.5, 0.6) is 5.75 Å². The van der Waals surface area contributed by atoms with Gasteiger partial charge in [0.2, 0.25) is 0 Å². The second kappa shape index (κ2) is 10.1. The first-order valence-corrected chi connectivity index (χ1v) is 12.1. The lowest BCUT2D eigenvalue weighted by Gasteiger charge is -2.38. The van der Waals surface area contributed by atoms with E-state index in [4.69, 9.17) is 14.0 Å². The quantitative estimate of drug-likeness (QED) is 0.383. The van der Waals surface area contributed by atoms with E-state index in [1.807, 2.05) is 19.1 Å².